The van der Waals surface area contributed by atoms with Gasteiger partial charge >= 0.3 is 0 Å². The predicted molar refractivity (Wildman–Crippen MR) is 77.4 cm³/mol. The molecule has 0 aliphatic carbocycles. The Hall–Kier alpha value is -0.530. The topological polar surface area (TPSA) is 20.3 Å². The van der Waals surface area contributed by atoms with Gasteiger partial charge in [0.25, 0.3) is 0 Å². The van der Waals surface area contributed by atoms with E-state index in [9.17, 15) is 4.79 Å². The third kappa shape index (κ3) is 4.99. The Morgan fingerprint density at radius 3 is 2.17 bits per heavy atom. The van der Waals surface area contributed by atoms with E-state index < -0.39 is 0 Å². The molecule has 1 aliphatic heterocycles. The van der Waals surface area contributed by atoms with Crippen LogP contribution in [0.15, 0.2) is 0 Å². The van der Waals surface area contributed by atoms with E-state index in [4.69, 9.17) is 0 Å². The number of likely N-dealkylation sites (tertiary alicyclic amines) is 1. The van der Waals surface area contributed by atoms with Crippen molar-refractivity contribution in [3.63, 3.8) is 0 Å². The second-order valence-corrected chi connectivity index (χ2v) is 7.34. The van der Waals surface area contributed by atoms with Gasteiger partial charge in [0.05, 0.1) is 0 Å². The second kappa shape index (κ2) is 6.58. The molecule has 1 amide bonds. The zero-order valence-electron chi connectivity index (χ0n) is 13.0. The minimum absolute atomic E-state index is 0.255. The monoisotopic (exact) mass is 253 g/mol. The van der Waals surface area contributed by atoms with Gasteiger partial charge in [0.2, 0.25) is 5.91 Å². The average molecular weight is 253 g/mol. The van der Waals surface area contributed by atoms with Crippen molar-refractivity contribution in [1.82, 2.24) is 4.90 Å². The van der Waals surface area contributed by atoms with Gasteiger partial charge < -0.3 is 4.90 Å². The summed E-state index contributed by atoms with van der Waals surface area (Å²) < 4.78 is 0. The lowest BCUT2D eigenvalue weighted by Gasteiger charge is -2.35. The Morgan fingerprint density at radius 2 is 1.78 bits per heavy atom. The lowest BCUT2D eigenvalue weighted by Crippen LogP contribution is -2.46. The van der Waals surface area contributed by atoms with Crippen LogP contribution >= 0.6 is 0 Å². The molecule has 0 radical (unpaired) electrons. The van der Waals surface area contributed by atoms with Crippen molar-refractivity contribution in [3.8, 4) is 0 Å². The molecule has 0 spiro atoms. The highest BCUT2D eigenvalue weighted by Gasteiger charge is 2.29. The highest BCUT2D eigenvalue weighted by atomic mass is 16.2. The molecular formula is C16H31NO. The van der Waals surface area contributed by atoms with E-state index in [0.29, 0.717) is 17.2 Å². The number of amides is 1. The fourth-order valence-corrected chi connectivity index (χ4v) is 2.53. The van der Waals surface area contributed by atoms with Gasteiger partial charge in [-0.15, -0.1) is 0 Å². The molecule has 18 heavy (non-hydrogen) atoms. The van der Waals surface area contributed by atoms with Crippen molar-refractivity contribution in [2.75, 3.05) is 13.1 Å². The second-order valence-electron chi connectivity index (χ2n) is 7.34. The first kappa shape index (κ1) is 15.5. The van der Waals surface area contributed by atoms with Crippen molar-refractivity contribution in [1.29, 1.82) is 0 Å². The van der Waals surface area contributed by atoms with Crippen molar-refractivity contribution in [2.24, 2.45) is 17.3 Å². The lowest BCUT2D eigenvalue weighted by molar-refractivity contribution is -0.140. The summed E-state index contributed by atoms with van der Waals surface area (Å²) in [6.45, 7) is 13.2. The third-order valence-electron chi connectivity index (χ3n) is 3.98. The molecule has 1 fully saturated rings. The molecule has 1 rings (SSSR count). The van der Waals surface area contributed by atoms with E-state index in [0.717, 1.165) is 19.5 Å². The third-order valence-corrected chi connectivity index (χ3v) is 3.98. The molecule has 0 aromatic heterocycles. The first-order valence-electron chi connectivity index (χ1n) is 7.60. The quantitative estimate of drug-likeness (QED) is 0.653. The summed E-state index contributed by atoms with van der Waals surface area (Å²) >= 11 is 0. The van der Waals surface area contributed by atoms with Crippen LogP contribution in [0.1, 0.15) is 66.7 Å². The molecule has 2 heteroatoms. The van der Waals surface area contributed by atoms with Gasteiger partial charge in [-0.25, -0.2) is 0 Å². The summed E-state index contributed by atoms with van der Waals surface area (Å²) in [5, 5.41) is 0. The van der Waals surface area contributed by atoms with Crippen LogP contribution in [0.3, 0.4) is 0 Å². The standard InChI is InChI=1S/C16H31NO/c1-13(2)14(15(18)17-11-8-12-17)9-6-7-10-16(3,4)5/h13-14H,6-12H2,1-5H3. The maximum Gasteiger partial charge on any atom is 0.225 e. The number of nitrogens with zero attached hydrogens (tertiary/aromatic N) is 1. The van der Waals surface area contributed by atoms with E-state index >= 15 is 0 Å². The van der Waals surface area contributed by atoms with Crippen LogP contribution in [-0.2, 0) is 4.79 Å². The average Bonchev–Trinajstić information content (AvgIpc) is 2.11. The van der Waals surface area contributed by atoms with Gasteiger partial charge in [0.1, 0.15) is 0 Å². The Morgan fingerprint density at radius 1 is 1.17 bits per heavy atom. The van der Waals surface area contributed by atoms with Crippen LogP contribution in [0.25, 0.3) is 0 Å². The summed E-state index contributed by atoms with van der Waals surface area (Å²) in [7, 11) is 0. The van der Waals surface area contributed by atoms with Crippen LogP contribution in [0.2, 0.25) is 0 Å². The summed E-state index contributed by atoms with van der Waals surface area (Å²) in [5.74, 6) is 1.14. The van der Waals surface area contributed by atoms with E-state index in [-0.39, 0.29) is 5.92 Å². The highest BCUT2D eigenvalue weighted by Crippen LogP contribution is 2.26. The van der Waals surface area contributed by atoms with Crippen LogP contribution in [0.5, 0.6) is 0 Å². The van der Waals surface area contributed by atoms with E-state index in [2.05, 4.69) is 34.6 Å². The highest BCUT2D eigenvalue weighted by molar-refractivity contribution is 5.79. The molecule has 1 heterocycles. The van der Waals surface area contributed by atoms with Crippen LogP contribution < -0.4 is 0 Å². The summed E-state index contributed by atoms with van der Waals surface area (Å²) in [6, 6.07) is 0. The molecule has 1 aliphatic rings. The summed E-state index contributed by atoms with van der Waals surface area (Å²) in [4.78, 5) is 14.3. The van der Waals surface area contributed by atoms with E-state index in [1.165, 1.54) is 25.7 Å². The number of hydrogen-bond donors (Lipinski definition) is 0. The summed E-state index contributed by atoms with van der Waals surface area (Å²) in [6.07, 6.45) is 5.97. The molecule has 0 N–H and O–H groups in total. The Labute approximate surface area is 113 Å². The van der Waals surface area contributed by atoms with Crippen molar-refractivity contribution in [3.05, 3.63) is 0 Å². The minimum atomic E-state index is 0.255. The molecule has 106 valence electrons. The number of rotatable bonds is 6. The first-order chi connectivity index (χ1) is 8.31. The number of carbonyl (C=O) groups is 1. The SMILES string of the molecule is CC(C)C(CCCCC(C)(C)C)C(=O)N1CCC1. The fourth-order valence-electron chi connectivity index (χ4n) is 2.53. The van der Waals surface area contributed by atoms with Gasteiger partial charge in [-0.05, 0) is 30.6 Å². The Bertz CT molecular complexity index is 261. The number of hydrogen-bond acceptors (Lipinski definition) is 1. The molecule has 1 saturated heterocycles. The van der Waals surface area contributed by atoms with Crippen LogP contribution in [0, 0.1) is 17.3 Å². The zero-order chi connectivity index (χ0) is 13.8. The van der Waals surface area contributed by atoms with E-state index in [1.54, 1.807) is 0 Å². The molecule has 2 nitrogen and oxygen atoms in total. The molecule has 1 atom stereocenters. The Kier molecular flexibility index (Phi) is 5.68. The molecular weight excluding hydrogens is 222 g/mol. The molecule has 0 bridgehead atoms. The van der Waals surface area contributed by atoms with Gasteiger partial charge in [-0.3, -0.25) is 4.79 Å². The molecule has 1 unspecified atom stereocenters. The maximum atomic E-state index is 12.3. The largest absolute Gasteiger partial charge is 0.342 e. The van der Waals surface area contributed by atoms with Crippen molar-refractivity contribution < 1.29 is 4.79 Å². The normalized spacial score (nSPS) is 17.8. The molecule has 0 aromatic carbocycles. The van der Waals surface area contributed by atoms with Gasteiger partial charge in [0.15, 0.2) is 0 Å². The van der Waals surface area contributed by atoms with E-state index in [1.807, 2.05) is 4.90 Å². The number of carbonyl (C=O) groups excluding carboxylic acids is 1. The molecule has 0 saturated carbocycles. The molecule has 0 aromatic rings. The Balaban J connectivity index is 2.32. The van der Waals surface area contributed by atoms with Crippen LogP contribution in [-0.4, -0.2) is 23.9 Å². The van der Waals surface area contributed by atoms with Gasteiger partial charge in [-0.2, -0.15) is 0 Å². The predicted octanol–water partition coefficient (Wildman–Crippen LogP) is 4.10. The fraction of sp³-hybridized carbons (Fsp3) is 0.938. The van der Waals surface area contributed by atoms with Gasteiger partial charge in [-0.1, -0.05) is 47.5 Å². The maximum absolute atomic E-state index is 12.3. The zero-order valence-corrected chi connectivity index (χ0v) is 13.0. The van der Waals surface area contributed by atoms with Crippen molar-refractivity contribution in [2.45, 2.75) is 66.7 Å². The number of unbranched alkanes of at least 4 members (excludes halogenated alkanes) is 1. The summed E-state index contributed by atoms with van der Waals surface area (Å²) in [5.41, 5.74) is 0.425. The van der Waals surface area contributed by atoms with Crippen LogP contribution in [0.4, 0.5) is 0 Å². The lowest BCUT2D eigenvalue weighted by atomic mass is 9.85. The first-order valence-corrected chi connectivity index (χ1v) is 7.60. The minimum Gasteiger partial charge on any atom is -0.342 e. The van der Waals surface area contributed by atoms with Gasteiger partial charge in [0, 0.05) is 19.0 Å². The smallest absolute Gasteiger partial charge is 0.225 e. The van der Waals surface area contributed by atoms with Crippen molar-refractivity contribution >= 4 is 5.91 Å².